The minimum atomic E-state index is -0.514. The van der Waals surface area contributed by atoms with Gasteiger partial charge in [-0.05, 0) is 129 Å². The summed E-state index contributed by atoms with van der Waals surface area (Å²) in [5.41, 5.74) is 8.85. The van der Waals surface area contributed by atoms with E-state index in [-0.39, 0.29) is 12.8 Å². The summed E-state index contributed by atoms with van der Waals surface area (Å²) in [6, 6.07) is 22.9. The van der Waals surface area contributed by atoms with Gasteiger partial charge in [-0.3, -0.25) is 19.2 Å². The number of benzene rings is 3. The number of nitrogens with zero attached hydrogens (tertiary/aromatic N) is 2. The number of allylic oxidation sites excluding steroid dienone is 7. The summed E-state index contributed by atoms with van der Waals surface area (Å²) < 4.78 is 29.6. The number of nitrogens with one attached hydrogen (secondary N) is 1. The first-order valence-corrected chi connectivity index (χ1v) is 28.1. The lowest BCUT2D eigenvalue weighted by atomic mass is 9.81. The average molecular weight is 1030 g/mol. The number of anilines is 2. The van der Waals surface area contributed by atoms with Crippen molar-refractivity contribution in [2.45, 2.75) is 102 Å². The van der Waals surface area contributed by atoms with Crippen LogP contribution in [0.3, 0.4) is 0 Å². The van der Waals surface area contributed by atoms with Crippen molar-refractivity contribution in [1.82, 2.24) is 0 Å². The van der Waals surface area contributed by atoms with E-state index in [2.05, 4.69) is 122 Å². The molecular formula is C56H70N3O9S3+. The maximum atomic E-state index is 12.9. The fraction of sp³-hybridized carbons (Fsp3) is 0.446. The molecule has 0 saturated heterocycles. The van der Waals surface area contributed by atoms with Crippen molar-refractivity contribution in [2.75, 3.05) is 73.2 Å². The van der Waals surface area contributed by atoms with Crippen LogP contribution in [0, 0.1) is 0 Å². The highest BCUT2D eigenvalue weighted by Gasteiger charge is 2.44. The van der Waals surface area contributed by atoms with Gasteiger partial charge in [0, 0.05) is 72.0 Å². The van der Waals surface area contributed by atoms with Crippen molar-refractivity contribution < 1.29 is 47.4 Å². The van der Waals surface area contributed by atoms with Crippen molar-refractivity contribution >= 4 is 81.9 Å². The molecule has 15 heteroatoms. The van der Waals surface area contributed by atoms with E-state index in [0.717, 1.165) is 123 Å². The molecule has 0 bridgehead atoms. The quantitative estimate of drug-likeness (QED) is 0.0284. The summed E-state index contributed by atoms with van der Waals surface area (Å²) in [6.07, 6.45) is 17.8. The van der Waals surface area contributed by atoms with Crippen LogP contribution in [0.2, 0.25) is 0 Å². The van der Waals surface area contributed by atoms with Gasteiger partial charge in [0.2, 0.25) is 19.3 Å². The molecule has 0 radical (unpaired) electrons. The predicted molar refractivity (Wildman–Crippen MR) is 289 cm³/mol. The lowest BCUT2D eigenvalue weighted by Crippen LogP contribution is -2.28. The van der Waals surface area contributed by atoms with Gasteiger partial charge in [0.25, 0.3) is 0 Å². The molecule has 0 atom stereocenters. The molecule has 1 N–H and O–H groups in total. The standard InChI is InChI=1S/C56H70N3O9S3/c1-39(60)64-37-66-52(62)28-31-58-47-20-11-9-18-44(47)55(3,4)50(58)26-22-41-16-13-17-42(54(41)68-43-24-25-46(57-30-14-33-69-7)49(36-43)71-35-15-34-70-8)23-27-51-56(5,6)45-19-10-12-21-48(45)59(51)32-29-53(63)67-38-65-40(2)61/h9-12,18-27,36,57H,13-17,28-35,37-38H2,1-8H3/q+1. The van der Waals surface area contributed by atoms with Crippen LogP contribution in [0.4, 0.5) is 17.1 Å². The molecule has 6 rings (SSSR count). The number of ether oxygens (including phenoxy) is 5. The van der Waals surface area contributed by atoms with E-state index in [4.69, 9.17) is 23.7 Å². The van der Waals surface area contributed by atoms with Gasteiger partial charge in [0.15, 0.2) is 12.3 Å². The number of fused-ring (bicyclic) bond motifs is 2. The summed E-state index contributed by atoms with van der Waals surface area (Å²) in [5.74, 6) is 2.80. The lowest BCUT2D eigenvalue weighted by molar-refractivity contribution is -0.436. The second-order valence-corrected chi connectivity index (χ2v) is 21.6. The molecule has 0 aromatic heterocycles. The number of para-hydroxylation sites is 2. The van der Waals surface area contributed by atoms with E-state index in [1.165, 1.54) is 13.8 Å². The zero-order chi connectivity index (χ0) is 51.0. The Hall–Kier alpha value is -5.38. The monoisotopic (exact) mass is 1020 g/mol. The molecule has 3 aliphatic rings. The summed E-state index contributed by atoms with van der Waals surface area (Å²) >= 11 is 5.57. The van der Waals surface area contributed by atoms with Gasteiger partial charge < -0.3 is 33.9 Å². The molecule has 1 aliphatic carbocycles. The van der Waals surface area contributed by atoms with Gasteiger partial charge in [-0.25, -0.2) is 0 Å². The van der Waals surface area contributed by atoms with Gasteiger partial charge in [-0.15, -0.1) is 11.8 Å². The molecular weight excluding hydrogens is 955 g/mol. The van der Waals surface area contributed by atoms with Crippen molar-refractivity contribution in [3.05, 3.63) is 125 Å². The molecule has 380 valence electrons. The van der Waals surface area contributed by atoms with Gasteiger partial charge >= 0.3 is 23.9 Å². The third kappa shape index (κ3) is 14.6. The lowest BCUT2D eigenvalue weighted by Gasteiger charge is -2.27. The Morgan fingerprint density at radius 3 is 2.14 bits per heavy atom. The van der Waals surface area contributed by atoms with E-state index in [1.807, 2.05) is 59.6 Å². The maximum Gasteiger partial charge on any atom is 0.315 e. The van der Waals surface area contributed by atoms with Crippen molar-refractivity contribution in [3.63, 3.8) is 0 Å². The van der Waals surface area contributed by atoms with Crippen LogP contribution in [-0.2, 0) is 49.0 Å². The van der Waals surface area contributed by atoms with Gasteiger partial charge in [-0.2, -0.15) is 28.1 Å². The van der Waals surface area contributed by atoms with Crippen molar-refractivity contribution in [3.8, 4) is 5.75 Å². The molecule has 3 aromatic carbocycles. The van der Waals surface area contributed by atoms with Gasteiger partial charge in [0.1, 0.15) is 17.9 Å². The van der Waals surface area contributed by atoms with Crippen molar-refractivity contribution in [2.24, 2.45) is 0 Å². The Morgan fingerprint density at radius 1 is 0.746 bits per heavy atom. The van der Waals surface area contributed by atoms with Crippen LogP contribution < -0.4 is 15.0 Å². The number of hydrogen-bond donors (Lipinski definition) is 1. The summed E-state index contributed by atoms with van der Waals surface area (Å²) in [5, 5.41) is 3.70. The highest BCUT2D eigenvalue weighted by molar-refractivity contribution is 8.00. The normalized spacial score (nSPS) is 16.9. The molecule has 0 saturated carbocycles. The number of carbonyl (C=O) groups is 4. The third-order valence-corrected chi connectivity index (χ3v) is 15.3. The summed E-state index contributed by atoms with van der Waals surface area (Å²) in [4.78, 5) is 51.7. The SMILES string of the molecule is CSCCCNc1ccc(OC2=C(/C=C/C3=[N+](CCC(=O)OCOC(C)=O)c4ccccc4C3(C)C)CCC/C2=C/C=C2\N(CCC(=O)OCOC(C)=O)c3ccccc3C2(C)C)cc1SCCCSC. The topological polar surface area (TPSA) is 133 Å². The fourth-order valence-electron chi connectivity index (χ4n) is 9.16. The molecule has 2 aliphatic heterocycles. The van der Waals surface area contributed by atoms with Gasteiger partial charge in [0.05, 0.1) is 11.8 Å². The second kappa shape index (κ2) is 26.4. The number of esters is 4. The molecule has 3 aromatic rings. The molecule has 0 fully saturated rings. The van der Waals surface area contributed by atoms with Crippen LogP contribution in [0.5, 0.6) is 5.75 Å². The van der Waals surface area contributed by atoms with Crippen LogP contribution in [0.15, 0.2) is 119 Å². The fourth-order valence-corrected chi connectivity index (χ4v) is 11.2. The molecule has 2 heterocycles. The van der Waals surface area contributed by atoms with E-state index in [1.54, 1.807) is 0 Å². The van der Waals surface area contributed by atoms with E-state index >= 15 is 0 Å². The second-order valence-electron chi connectivity index (χ2n) is 18.5. The molecule has 71 heavy (non-hydrogen) atoms. The van der Waals surface area contributed by atoms with Crippen LogP contribution in [0.25, 0.3) is 0 Å². The maximum absolute atomic E-state index is 12.9. The number of thioether (sulfide) groups is 3. The van der Waals surface area contributed by atoms with E-state index in [0.29, 0.717) is 13.1 Å². The zero-order valence-electron chi connectivity index (χ0n) is 42.6. The number of rotatable bonds is 25. The smallest absolute Gasteiger partial charge is 0.315 e. The number of carbonyl (C=O) groups excluding carboxylic acids is 4. The number of hydrogen-bond acceptors (Lipinski definition) is 14. The van der Waals surface area contributed by atoms with E-state index in [9.17, 15) is 19.2 Å². The Kier molecular flexibility index (Phi) is 20.4. The molecule has 0 amide bonds. The Balaban J connectivity index is 1.42. The highest BCUT2D eigenvalue weighted by atomic mass is 32.2. The largest absolute Gasteiger partial charge is 0.457 e. The Labute approximate surface area is 433 Å². The third-order valence-electron chi connectivity index (χ3n) is 12.8. The average Bonchev–Trinajstić information content (AvgIpc) is 3.69. The Bertz CT molecular complexity index is 2560. The first-order chi connectivity index (χ1) is 34.1. The van der Waals surface area contributed by atoms with Crippen LogP contribution in [-0.4, -0.2) is 97.2 Å². The Morgan fingerprint density at radius 2 is 1.42 bits per heavy atom. The van der Waals surface area contributed by atoms with Crippen LogP contribution in [0.1, 0.15) is 97.6 Å². The van der Waals surface area contributed by atoms with Gasteiger partial charge in [-0.1, -0.05) is 56.3 Å². The minimum absolute atomic E-state index is 0.0916. The highest BCUT2D eigenvalue weighted by Crippen LogP contribution is 2.48. The molecule has 12 nitrogen and oxygen atoms in total. The summed E-state index contributed by atoms with van der Waals surface area (Å²) in [6.45, 7) is 12.2. The molecule has 0 spiro atoms. The predicted octanol–water partition coefficient (Wildman–Crippen LogP) is 11.7. The first-order valence-electron chi connectivity index (χ1n) is 24.3. The summed E-state index contributed by atoms with van der Waals surface area (Å²) in [7, 11) is 0. The van der Waals surface area contributed by atoms with E-state index < -0.39 is 48.3 Å². The minimum Gasteiger partial charge on any atom is -0.457 e. The van der Waals surface area contributed by atoms with Crippen molar-refractivity contribution in [1.29, 1.82) is 0 Å². The first kappa shape index (κ1) is 54.9. The molecule has 0 unspecified atom stereocenters. The van der Waals surface area contributed by atoms with Crippen LogP contribution >= 0.6 is 35.3 Å². The zero-order valence-corrected chi connectivity index (χ0v) is 45.0.